The fraction of sp³-hybridized carbons (Fsp3) is 0.500. The summed E-state index contributed by atoms with van der Waals surface area (Å²) in [4.78, 5) is 11.8. The number of hydrogen-bond acceptors (Lipinski definition) is 3. The minimum Gasteiger partial charge on any atom is -0.496 e. The van der Waals surface area contributed by atoms with Gasteiger partial charge in [0.15, 0.2) is 0 Å². The van der Waals surface area contributed by atoms with Gasteiger partial charge in [-0.1, -0.05) is 19.4 Å². The average Bonchev–Trinajstić information content (AvgIpc) is 2.38. The Kier molecular flexibility index (Phi) is 8.18. The topological polar surface area (TPSA) is 64.4 Å². The number of benzene rings is 1. The highest BCUT2D eigenvalue weighted by Gasteiger charge is 2.20. The van der Waals surface area contributed by atoms with E-state index in [0.717, 1.165) is 6.42 Å². The predicted octanol–water partition coefficient (Wildman–Crippen LogP) is 2.56. The van der Waals surface area contributed by atoms with Gasteiger partial charge in [0.1, 0.15) is 11.6 Å². The second-order valence-electron chi connectivity index (χ2n) is 4.48. The number of rotatable bonds is 6. The van der Waals surface area contributed by atoms with Gasteiger partial charge in [-0.15, -0.1) is 12.4 Å². The van der Waals surface area contributed by atoms with Gasteiger partial charge >= 0.3 is 0 Å². The Morgan fingerprint density at radius 2 is 2.15 bits per heavy atom. The summed E-state index contributed by atoms with van der Waals surface area (Å²) >= 11 is 0. The summed E-state index contributed by atoms with van der Waals surface area (Å²) in [5.41, 5.74) is 6.06. The molecule has 0 heterocycles. The molecule has 0 aliphatic carbocycles. The normalized spacial score (nSPS) is 13.1. The van der Waals surface area contributed by atoms with Gasteiger partial charge in [0.05, 0.1) is 24.8 Å². The molecule has 1 aromatic rings. The summed E-state index contributed by atoms with van der Waals surface area (Å²) in [6, 6.07) is 3.51. The van der Waals surface area contributed by atoms with Crippen LogP contribution in [0.3, 0.4) is 0 Å². The molecule has 0 saturated heterocycles. The zero-order chi connectivity index (χ0) is 14.4. The number of ether oxygens (including phenoxy) is 1. The summed E-state index contributed by atoms with van der Waals surface area (Å²) in [6.07, 6.45) is 1.43. The largest absolute Gasteiger partial charge is 0.496 e. The number of amides is 1. The third-order valence-electron chi connectivity index (χ3n) is 2.96. The number of halogens is 2. The molecule has 1 amide bonds. The number of nitrogens with one attached hydrogen (secondary N) is 1. The Morgan fingerprint density at radius 3 is 2.70 bits per heavy atom. The molecule has 114 valence electrons. The second-order valence-corrected chi connectivity index (χ2v) is 4.48. The van der Waals surface area contributed by atoms with Gasteiger partial charge < -0.3 is 15.8 Å². The van der Waals surface area contributed by atoms with Crippen molar-refractivity contribution >= 4 is 18.3 Å². The summed E-state index contributed by atoms with van der Waals surface area (Å²) in [5.74, 6) is -0.271. The van der Waals surface area contributed by atoms with Crippen LogP contribution in [-0.2, 0) is 4.79 Å². The maximum absolute atomic E-state index is 13.8. The van der Waals surface area contributed by atoms with E-state index in [4.69, 9.17) is 10.5 Å². The van der Waals surface area contributed by atoms with Crippen LogP contribution in [0, 0.1) is 5.82 Å². The molecule has 2 unspecified atom stereocenters. The quantitative estimate of drug-likeness (QED) is 0.849. The highest BCUT2D eigenvalue weighted by molar-refractivity contribution is 5.85. The Balaban J connectivity index is 0.00000361. The van der Waals surface area contributed by atoms with E-state index >= 15 is 0 Å². The van der Waals surface area contributed by atoms with Crippen LogP contribution < -0.4 is 15.8 Å². The van der Waals surface area contributed by atoms with Crippen molar-refractivity contribution in [3.8, 4) is 5.75 Å². The van der Waals surface area contributed by atoms with Crippen LogP contribution in [0.15, 0.2) is 18.2 Å². The van der Waals surface area contributed by atoms with Crippen LogP contribution in [0.1, 0.15) is 38.3 Å². The van der Waals surface area contributed by atoms with Gasteiger partial charge in [-0.3, -0.25) is 4.79 Å². The Hall–Kier alpha value is -1.33. The van der Waals surface area contributed by atoms with Crippen molar-refractivity contribution in [2.75, 3.05) is 7.11 Å². The van der Waals surface area contributed by atoms with E-state index in [2.05, 4.69) is 5.32 Å². The minimum absolute atomic E-state index is 0. The molecule has 0 aromatic heterocycles. The molecule has 0 fully saturated rings. The molecule has 4 nitrogen and oxygen atoms in total. The number of nitrogens with two attached hydrogens (primary N) is 1. The SMILES string of the molecule is CCCC(N)C(=O)NC(C)c1c(F)cccc1OC.Cl. The van der Waals surface area contributed by atoms with E-state index in [1.54, 1.807) is 19.1 Å². The zero-order valence-electron chi connectivity index (χ0n) is 12.0. The fourth-order valence-electron chi connectivity index (χ4n) is 1.95. The van der Waals surface area contributed by atoms with E-state index in [-0.39, 0.29) is 18.3 Å². The lowest BCUT2D eigenvalue weighted by atomic mass is 10.1. The summed E-state index contributed by atoms with van der Waals surface area (Å²) in [7, 11) is 1.47. The molecule has 1 aromatic carbocycles. The molecule has 20 heavy (non-hydrogen) atoms. The molecule has 0 bridgehead atoms. The molecule has 0 saturated carbocycles. The number of hydrogen-bond donors (Lipinski definition) is 2. The molecule has 1 rings (SSSR count). The number of carbonyl (C=O) groups excluding carboxylic acids is 1. The van der Waals surface area contributed by atoms with Crippen LogP contribution in [0.25, 0.3) is 0 Å². The van der Waals surface area contributed by atoms with E-state index in [9.17, 15) is 9.18 Å². The first-order valence-electron chi connectivity index (χ1n) is 6.39. The first-order valence-corrected chi connectivity index (χ1v) is 6.39. The smallest absolute Gasteiger partial charge is 0.237 e. The van der Waals surface area contributed by atoms with Gasteiger partial charge in [-0.2, -0.15) is 0 Å². The van der Waals surface area contributed by atoms with E-state index < -0.39 is 17.9 Å². The van der Waals surface area contributed by atoms with Gasteiger partial charge in [0.2, 0.25) is 5.91 Å². The van der Waals surface area contributed by atoms with Gasteiger partial charge in [-0.25, -0.2) is 4.39 Å². The van der Waals surface area contributed by atoms with Crippen LogP contribution in [0.4, 0.5) is 4.39 Å². The standard InChI is InChI=1S/C14H21FN2O2.ClH/c1-4-6-11(16)14(18)17-9(2)13-10(15)7-5-8-12(13)19-3;/h5,7-9,11H,4,6,16H2,1-3H3,(H,17,18);1H. The van der Waals surface area contributed by atoms with Gasteiger partial charge in [0, 0.05) is 0 Å². The monoisotopic (exact) mass is 304 g/mol. The van der Waals surface area contributed by atoms with Crippen molar-refractivity contribution in [2.45, 2.75) is 38.8 Å². The molecule has 2 atom stereocenters. The summed E-state index contributed by atoms with van der Waals surface area (Å²) < 4.78 is 18.9. The van der Waals surface area contributed by atoms with E-state index in [1.807, 2.05) is 6.92 Å². The minimum atomic E-state index is -0.565. The van der Waals surface area contributed by atoms with Crippen LogP contribution >= 0.6 is 12.4 Å². The lowest BCUT2D eigenvalue weighted by molar-refractivity contribution is -0.123. The van der Waals surface area contributed by atoms with Crippen molar-refractivity contribution in [1.82, 2.24) is 5.32 Å². The lowest BCUT2D eigenvalue weighted by Crippen LogP contribution is -2.41. The van der Waals surface area contributed by atoms with Crippen molar-refractivity contribution in [3.63, 3.8) is 0 Å². The first kappa shape index (κ1) is 18.7. The number of methoxy groups -OCH3 is 1. The predicted molar refractivity (Wildman–Crippen MR) is 79.6 cm³/mol. The third kappa shape index (κ3) is 4.65. The summed E-state index contributed by atoms with van der Waals surface area (Å²) in [5, 5.41) is 2.71. The maximum Gasteiger partial charge on any atom is 0.237 e. The molecular weight excluding hydrogens is 283 g/mol. The average molecular weight is 305 g/mol. The van der Waals surface area contributed by atoms with Crippen LogP contribution in [-0.4, -0.2) is 19.1 Å². The number of carbonyl (C=O) groups is 1. The highest BCUT2D eigenvalue weighted by Crippen LogP contribution is 2.27. The second kappa shape index (κ2) is 8.76. The molecule has 0 aliphatic heterocycles. The molecule has 0 radical (unpaired) electrons. The van der Waals surface area contributed by atoms with Gasteiger partial charge in [0.25, 0.3) is 0 Å². The molecule has 6 heteroatoms. The molecule has 0 aliphatic rings. The van der Waals surface area contributed by atoms with E-state index in [1.165, 1.54) is 13.2 Å². The Bertz CT molecular complexity index is 443. The molecular formula is C14H22ClFN2O2. The molecule has 3 N–H and O–H groups in total. The fourth-order valence-corrected chi connectivity index (χ4v) is 1.95. The zero-order valence-corrected chi connectivity index (χ0v) is 12.8. The summed E-state index contributed by atoms with van der Waals surface area (Å²) in [6.45, 7) is 3.66. The Labute approximate surface area is 125 Å². The maximum atomic E-state index is 13.8. The van der Waals surface area contributed by atoms with Crippen LogP contribution in [0.2, 0.25) is 0 Å². The van der Waals surface area contributed by atoms with Crippen molar-refractivity contribution in [1.29, 1.82) is 0 Å². The molecule has 0 spiro atoms. The third-order valence-corrected chi connectivity index (χ3v) is 2.96. The Morgan fingerprint density at radius 1 is 1.50 bits per heavy atom. The van der Waals surface area contributed by atoms with Crippen molar-refractivity contribution < 1.29 is 13.9 Å². The first-order chi connectivity index (χ1) is 9.01. The van der Waals surface area contributed by atoms with Crippen LogP contribution in [0.5, 0.6) is 5.75 Å². The van der Waals surface area contributed by atoms with Crippen molar-refractivity contribution in [3.05, 3.63) is 29.6 Å². The van der Waals surface area contributed by atoms with E-state index in [0.29, 0.717) is 17.7 Å². The lowest BCUT2D eigenvalue weighted by Gasteiger charge is -2.20. The van der Waals surface area contributed by atoms with Crippen molar-refractivity contribution in [2.24, 2.45) is 5.73 Å². The highest BCUT2D eigenvalue weighted by atomic mass is 35.5. The van der Waals surface area contributed by atoms with Gasteiger partial charge in [-0.05, 0) is 25.5 Å².